The monoisotopic (exact) mass is 453 g/mol. The second-order valence-corrected chi connectivity index (χ2v) is 19.3. The van der Waals surface area contributed by atoms with E-state index in [0.29, 0.717) is 11.6 Å². The van der Waals surface area contributed by atoms with Gasteiger partial charge in [0, 0.05) is 0 Å². The molecule has 0 aliphatic rings. The number of hydrogen-bond acceptors (Lipinski definition) is 4. The van der Waals surface area contributed by atoms with Crippen LogP contribution in [0.5, 0.6) is 0 Å². The van der Waals surface area contributed by atoms with Crippen LogP contribution < -0.4 is 5.76 Å². The Morgan fingerprint density at radius 1 is 1.00 bits per heavy atom. The summed E-state index contributed by atoms with van der Waals surface area (Å²) in [6, 6.07) is 5.59. The first-order valence-electron chi connectivity index (χ1n) is 9.69. The number of rotatable bonds is 11. The quantitative estimate of drug-likeness (QED) is 0.446. The third kappa shape index (κ3) is 5.18. The Balaban J connectivity index is 2.44. The second-order valence-electron chi connectivity index (χ2n) is 6.83. The molecule has 138 valence electrons. The molecule has 2 rings (SSSR count). The van der Waals surface area contributed by atoms with Crippen molar-refractivity contribution < 1.29 is 4.42 Å². The van der Waals surface area contributed by atoms with E-state index in [4.69, 9.17) is 4.42 Å². The molecule has 2 aromatic rings. The summed E-state index contributed by atoms with van der Waals surface area (Å²) in [5.74, 6) is 0.107. The van der Waals surface area contributed by atoms with Crippen LogP contribution in [-0.2, 0) is 0 Å². The van der Waals surface area contributed by atoms with Crippen LogP contribution in [0.15, 0.2) is 33.6 Å². The first-order valence-corrected chi connectivity index (χ1v) is 17.0. The van der Waals surface area contributed by atoms with Gasteiger partial charge in [0.2, 0.25) is 0 Å². The molecule has 0 bridgehead atoms. The Morgan fingerprint density at radius 2 is 1.60 bits per heavy atom. The van der Waals surface area contributed by atoms with Gasteiger partial charge in [-0.1, -0.05) is 0 Å². The molecule has 0 unspecified atom stereocenters. The van der Waals surface area contributed by atoms with Gasteiger partial charge >= 0.3 is 155 Å². The summed E-state index contributed by atoms with van der Waals surface area (Å²) in [6.45, 7) is 6.67. The second kappa shape index (κ2) is 10.1. The van der Waals surface area contributed by atoms with Crippen molar-refractivity contribution in [3.05, 3.63) is 34.9 Å². The maximum absolute atomic E-state index is 12.7. The molecule has 0 saturated heterocycles. The SMILES string of the molecule is CCC[CH2][Sn]([CH2]CCC)([CH2]CCC)[n]1nc(-c2ccccn2)oc1=O. The summed E-state index contributed by atoms with van der Waals surface area (Å²) in [4.78, 5) is 17.0. The van der Waals surface area contributed by atoms with E-state index in [0.717, 1.165) is 19.3 Å². The molecule has 0 spiro atoms. The number of hydrogen-bond donors (Lipinski definition) is 0. The first kappa shape index (κ1) is 20.2. The zero-order chi connectivity index (χ0) is 18.1. The van der Waals surface area contributed by atoms with Gasteiger partial charge in [0.25, 0.3) is 0 Å². The van der Waals surface area contributed by atoms with Crippen molar-refractivity contribution in [1.29, 1.82) is 0 Å². The molecule has 0 aromatic carbocycles. The summed E-state index contributed by atoms with van der Waals surface area (Å²) in [5, 5.41) is 4.68. The Hall–Kier alpha value is -1.11. The normalized spacial score (nSPS) is 11.8. The van der Waals surface area contributed by atoms with Crippen LogP contribution in [0, 0.1) is 0 Å². The van der Waals surface area contributed by atoms with Gasteiger partial charge in [0.05, 0.1) is 0 Å². The van der Waals surface area contributed by atoms with Crippen LogP contribution in [0.2, 0.25) is 13.3 Å². The number of nitrogens with zero attached hydrogens (tertiary/aromatic N) is 3. The van der Waals surface area contributed by atoms with Crippen molar-refractivity contribution in [3.8, 4) is 11.6 Å². The van der Waals surface area contributed by atoms with Crippen LogP contribution in [0.4, 0.5) is 0 Å². The summed E-state index contributed by atoms with van der Waals surface area (Å²) in [5.41, 5.74) is 0.639. The van der Waals surface area contributed by atoms with E-state index in [1.807, 2.05) is 21.1 Å². The Bertz CT molecular complexity index is 660. The van der Waals surface area contributed by atoms with Gasteiger partial charge in [0.15, 0.2) is 0 Å². The standard InChI is InChI=1S/C7H5N3O2.3C4H9.Sn/c11-7-10-9-6(12-7)5-3-1-2-4-8-5;3*1-3-4-2;/h1-4H,(H,8,10,11);3*1,3-4H2,2H3;/q;;;;+1/p-1. The minimum atomic E-state index is -2.93. The maximum atomic E-state index is 12.7. The van der Waals surface area contributed by atoms with Crippen molar-refractivity contribution >= 4 is 18.7 Å². The van der Waals surface area contributed by atoms with Crippen molar-refractivity contribution in [2.45, 2.75) is 72.6 Å². The van der Waals surface area contributed by atoms with Gasteiger partial charge in [-0.25, -0.2) is 0 Å². The van der Waals surface area contributed by atoms with Gasteiger partial charge < -0.3 is 0 Å². The number of aromatic nitrogens is 3. The molecule has 2 heterocycles. The summed E-state index contributed by atoms with van der Waals surface area (Å²) in [7, 11) is 0. The average Bonchev–Trinajstić information content (AvgIpc) is 3.05. The molecular formula is C19H31N3O2Sn. The molecule has 25 heavy (non-hydrogen) atoms. The molecule has 5 nitrogen and oxygen atoms in total. The number of unbranched alkanes of at least 4 members (excludes halogenated alkanes) is 3. The van der Waals surface area contributed by atoms with Gasteiger partial charge in [-0.3, -0.25) is 0 Å². The van der Waals surface area contributed by atoms with Crippen molar-refractivity contribution in [2.75, 3.05) is 0 Å². The van der Waals surface area contributed by atoms with Crippen LogP contribution in [-0.4, -0.2) is 31.6 Å². The topological polar surface area (TPSA) is 60.9 Å². The fraction of sp³-hybridized carbons (Fsp3) is 0.632. The Kier molecular flexibility index (Phi) is 8.19. The van der Waals surface area contributed by atoms with Gasteiger partial charge in [0.1, 0.15) is 0 Å². The van der Waals surface area contributed by atoms with E-state index in [2.05, 4.69) is 30.9 Å². The summed E-state index contributed by atoms with van der Waals surface area (Å²) in [6.07, 6.45) is 8.74. The van der Waals surface area contributed by atoms with Crippen molar-refractivity contribution in [2.24, 2.45) is 0 Å². The van der Waals surface area contributed by atoms with Gasteiger partial charge in [-0.2, -0.15) is 0 Å². The van der Waals surface area contributed by atoms with E-state index >= 15 is 0 Å². The third-order valence-corrected chi connectivity index (χ3v) is 19.2. The van der Waals surface area contributed by atoms with Gasteiger partial charge in [-0.05, 0) is 0 Å². The van der Waals surface area contributed by atoms with E-state index in [-0.39, 0.29) is 5.76 Å². The fourth-order valence-corrected chi connectivity index (χ4v) is 18.1. The first-order chi connectivity index (χ1) is 12.2. The molecule has 0 saturated carbocycles. The molecule has 6 heteroatoms. The van der Waals surface area contributed by atoms with E-state index in [1.165, 1.54) is 32.6 Å². The molecule has 2 aromatic heterocycles. The van der Waals surface area contributed by atoms with E-state index < -0.39 is 18.7 Å². The molecule has 0 aliphatic heterocycles. The van der Waals surface area contributed by atoms with Crippen molar-refractivity contribution in [1.82, 2.24) is 13.0 Å². The van der Waals surface area contributed by atoms with Gasteiger partial charge in [-0.15, -0.1) is 0 Å². The third-order valence-electron chi connectivity index (χ3n) is 4.87. The van der Waals surface area contributed by atoms with E-state index in [1.54, 1.807) is 6.20 Å². The Morgan fingerprint density at radius 3 is 2.08 bits per heavy atom. The van der Waals surface area contributed by atoms with E-state index in [9.17, 15) is 4.79 Å². The van der Waals surface area contributed by atoms with Crippen LogP contribution in [0.25, 0.3) is 11.6 Å². The molecule has 0 amide bonds. The fourth-order valence-electron chi connectivity index (χ4n) is 3.38. The molecule has 0 atom stereocenters. The van der Waals surface area contributed by atoms with Crippen molar-refractivity contribution in [3.63, 3.8) is 0 Å². The zero-order valence-corrected chi connectivity index (χ0v) is 18.7. The molecular weight excluding hydrogens is 421 g/mol. The average molecular weight is 452 g/mol. The summed E-state index contributed by atoms with van der Waals surface area (Å²) >= 11 is -2.93. The summed E-state index contributed by atoms with van der Waals surface area (Å²) < 4.78 is 10.9. The molecule has 0 radical (unpaired) electrons. The zero-order valence-electron chi connectivity index (χ0n) is 15.8. The van der Waals surface area contributed by atoms with Crippen LogP contribution in [0.3, 0.4) is 0 Å². The molecule has 0 fully saturated rings. The molecule has 0 N–H and O–H groups in total. The predicted octanol–water partition coefficient (Wildman–Crippen LogP) is 5.09. The molecule has 0 aliphatic carbocycles. The van der Waals surface area contributed by atoms with Crippen LogP contribution in [0.1, 0.15) is 59.3 Å². The Labute approximate surface area is 155 Å². The minimum absolute atomic E-state index is 0.264. The van der Waals surface area contributed by atoms with Crippen LogP contribution >= 0.6 is 0 Å². The number of pyridine rings is 1. The predicted molar refractivity (Wildman–Crippen MR) is 104 cm³/mol.